The number of rotatable bonds is 3. The number of carbonyl (C=O) groups is 2. The van der Waals surface area contributed by atoms with Gasteiger partial charge < -0.3 is 5.32 Å². The van der Waals surface area contributed by atoms with Crippen LogP contribution in [0.1, 0.15) is 15.9 Å². The Morgan fingerprint density at radius 1 is 1.08 bits per heavy atom. The molecule has 2 aromatic rings. The lowest BCUT2D eigenvalue weighted by Crippen LogP contribution is -2.52. The van der Waals surface area contributed by atoms with E-state index in [0.717, 1.165) is 0 Å². The number of nitrogens with one attached hydrogen (secondary N) is 1. The topological polar surface area (TPSA) is 80.3 Å². The molecular formula is C17H14ClNO4S. The van der Waals surface area contributed by atoms with Crippen molar-refractivity contribution in [3.8, 4) is 0 Å². The Morgan fingerprint density at radius 3 is 2.29 bits per heavy atom. The summed E-state index contributed by atoms with van der Waals surface area (Å²) in [6.45, 7) is -0.375. The van der Waals surface area contributed by atoms with Gasteiger partial charge in [0.15, 0.2) is 20.4 Å². The number of alkyl halides is 1. The summed E-state index contributed by atoms with van der Waals surface area (Å²) in [6.07, 6.45) is 0. The van der Waals surface area contributed by atoms with E-state index in [-0.39, 0.29) is 17.0 Å². The molecule has 4 rings (SSSR count). The number of fused-ring (bicyclic) bond motifs is 6. The van der Waals surface area contributed by atoms with Gasteiger partial charge in [-0.05, 0) is 29.8 Å². The Kier molecular flexibility index (Phi) is 4.19. The van der Waals surface area contributed by atoms with Gasteiger partial charge in [-0.15, -0.1) is 11.6 Å². The molecule has 0 saturated carbocycles. The molecule has 7 heteroatoms. The highest BCUT2D eigenvalue weighted by atomic mass is 35.5. The molecule has 0 aromatic heterocycles. The van der Waals surface area contributed by atoms with E-state index in [1.807, 2.05) is 0 Å². The van der Waals surface area contributed by atoms with Crippen LogP contribution in [0, 0.1) is 0 Å². The number of hydrogen-bond acceptors (Lipinski definition) is 4. The maximum absolute atomic E-state index is 13.3. The molecule has 0 fully saturated rings. The third kappa shape index (κ3) is 2.34. The van der Waals surface area contributed by atoms with Gasteiger partial charge in [-0.1, -0.05) is 30.3 Å². The van der Waals surface area contributed by atoms with Crippen molar-refractivity contribution in [1.82, 2.24) is 5.32 Å². The van der Waals surface area contributed by atoms with Crippen LogP contribution in [0.2, 0.25) is 0 Å². The summed E-state index contributed by atoms with van der Waals surface area (Å²) < 4.78 is 24.7. The van der Waals surface area contributed by atoms with Crippen LogP contribution in [0.3, 0.4) is 0 Å². The van der Waals surface area contributed by atoms with Gasteiger partial charge in [0.1, 0.15) is 0 Å². The Labute approximate surface area is 144 Å². The first-order chi connectivity index (χ1) is 11.4. The van der Waals surface area contributed by atoms with E-state index in [0.29, 0.717) is 5.56 Å². The van der Waals surface area contributed by atoms with Gasteiger partial charge in [-0.25, -0.2) is 8.42 Å². The summed E-state index contributed by atoms with van der Waals surface area (Å²) in [7, 11) is -4.13. The average Bonchev–Trinajstić information content (AvgIpc) is 2.68. The first-order valence-electron chi connectivity index (χ1n) is 7.21. The summed E-state index contributed by atoms with van der Waals surface area (Å²) in [4.78, 5) is 24.9. The molecule has 24 heavy (non-hydrogen) atoms. The highest BCUT2D eigenvalue weighted by molar-refractivity contribution is 7.93. The summed E-state index contributed by atoms with van der Waals surface area (Å²) in [5.74, 6) is -1.61. The minimum atomic E-state index is -4.13. The Morgan fingerprint density at radius 2 is 1.71 bits per heavy atom. The molecule has 0 saturated heterocycles. The van der Waals surface area contributed by atoms with Crippen LogP contribution in [0.15, 0.2) is 59.5 Å². The van der Waals surface area contributed by atoms with E-state index in [2.05, 4.69) is 5.32 Å². The van der Waals surface area contributed by atoms with Crippen LogP contribution in [0.5, 0.6) is 0 Å². The third-order valence-electron chi connectivity index (χ3n) is 4.20. The lowest BCUT2D eigenvalue weighted by molar-refractivity contribution is -0.119. The Balaban J connectivity index is 2.35. The molecular weight excluding hydrogens is 350 g/mol. The number of halogens is 1. The Hall–Kier alpha value is -2.18. The maximum atomic E-state index is 13.3. The number of ketones is 1. The quantitative estimate of drug-likeness (QED) is 0.845. The van der Waals surface area contributed by atoms with E-state index >= 15 is 0 Å². The highest BCUT2D eigenvalue weighted by Gasteiger charge is 2.52. The number of hydrogen-bond donors (Lipinski definition) is 1. The zero-order valence-corrected chi connectivity index (χ0v) is 14.1. The molecule has 1 unspecified atom stereocenters. The second kappa shape index (κ2) is 6.03. The number of sulfone groups is 1. The maximum Gasteiger partial charge on any atom is 0.251 e. The number of carbonyl (C=O) groups excluding carboxylic acids is 2. The lowest BCUT2D eigenvalue weighted by atomic mass is 9.94. The summed E-state index contributed by atoms with van der Waals surface area (Å²) >= 11 is 5.75. The van der Waals surface area contributed by atoms with Gasteiger partial charge in [0.05, 0.1) is 10.8 Å². The summed E-state index contributed by atoms with van der Waals surface area (Å²) in [5, 5.41) is 2.56. The predicted octanol–water partition coefficient (Wildman–Crippen LogP) is 1.91. The number of Topliss-reactive ketones (excluding diaryl/α,β-unsaturated/α-hetero) is 1. The number of benzene rings is 2. The van der Waals surface area contributed by atoms with Crippen molar-refractivity contribution >= 4 is 33.1 Å². The van der Waals surface area contributed by atoms with E-state index < -0.39 is 32.2 Å². The van der Waals surface area contributed by atoms with Crippen LogP contribution >= 0.6 is 11.6 Å². The van der Waals surface area contributed by atoms with Crippen molar-refractivity contribution in [2.45, 2.75) is 9.64 Å². The minimum absolute atomic E-state index is 0.0231. The van der Waals surface area contributed by atoms with Gasteiger partial charge in [0, 0.05) is 12.1 Å². The van der Waals surface area contributed by atoms with Gasteiger partial charge in [-0.2, -0.15) is 0 Å². The molecule has 0 spiro atoms. The molecule has 1 atom stereocenters. The van der Waals surface area contributed by atoms with E-state index in [4.69, 9.17) is 11.6 Å². The predicted molar refractivity (Wildman–Crippen MR) is 89.8 cm³/mol. The molecule has 1 amide bonds. The van der Waals surface area contributed by atoms with E-state index in [1.165, 1.54) is 24.3 Å². The molecule has 2 aliphatic heterocycles. The van der Waals surface area contributed by atoms with Gasteiger partial charge in [-0.3, -0.25) is 9.59 Å². The van der Waals surface area contributed by atoms with Crippen molar-refractivity contribution in [3.63, 3.8) is 0 Å². The first-order valence-corrected chi connectivity index (χ1v) is 9.23. The molecule has 124 valence electrons. The highest BCUT2D eigenvalue weighted by Crippen LogP contribution is 2.37. The van der Waals surface area contributed by atoms with E-state index in [9.17, 15) is 18.0 Å². The SMILES string of the molecule is O=C1NCC(C(=O)CCl)(c2ccccc2)S(=O)(=O)c2ccc1cc2. The van der Waals surface area contributed by atoms with Crippen LogP contribution in [0.4, 0.5) is 0 Å². The van der Waals surface area contributed by atoms with Crippen molar-refractivity contribution in [2.24, 2.45) is 0 Å². The van der Waals surface area contributed by atoms with Crippen LogP contribution < -0.4 is 5.32 Å². The van der Waals surface area contributed by atoms with Crippen molar-refractivity contribution in [2.75, 3.05) is 12.4 Å². The molecule has 2 bridgehead atoms. The number of amides is 1. The fourth-order valence-electron chi connectivity index (χ4n) is 2.87. The lowest BCUT2D eigenvalue weighted by Gasteiger charge is -2.31. The molecule has 2 aliphatic rings. The van der Waals surface area contributed by atoms with Crippen molar-refractivity contribution in [3.05, 3.63) is 65.7 Å². The first kappa shape index (κ1) is 16.7. The fraction of sp³-hybridized carbons (Fsp3) is 0.176. The van der Waals surface area contributed by atoms with Crippen molar-refractivity contribution < 1.29 is 18.0 Å². The molecule has 5 nitrogen and oxygen atoms in total. The smallest absolute Gasteiger partial charge is 0.251 e. The van der Waals surface area contributed by atoms with Crippen LogP contribution in [-0.4, -0.2) is 32.5 Å². The zero-order valence-electron chi connectivity index (χ0n) is 12.5. The monoisotopic (exact) mass is 363 g/mol. The molecule has 2 heterocycles. The molecule has 0 radical (unpaired) electrons. The summed E-state index contributed by atoms with van der Waals surface area (Å²) in [6, 6.07) is 13.7. The fourth-order valence-corrected chi connectivity index (χ4v) is 5.16. The van der Waals surface area contributed by atoms with Crippen LogP contribution in [0.25, 0.3) is 0 Å². The van der Waals surface area contributed by atoms with Gasteiger partial charge in [0.25, 0.3) is 5.91 Å². The average molecular weight is 364 g/mol. The van der Waals surface area contributed by atoms with Crippen molar-refractivity contribution in [1.29, 1.82) is 0 Å². The van der Waals surface area contributed by atoms with Gasteiger partial charge >= 0.3 is 0 Å². The van der Waals surface area contributed by atoms with Crippen LogP contribution in [-0.2, 0) is 19.4 Å². The van der Waals surface area contributed by atoms with Gasteiger partial charge in [0.2, 0.25) is 0 Å². The Bertz CT molecular complexity index is 894. The largest absolute Gasteiger partial charge is 0.350 e. The summed E-state index contributed by atoms with van der Waals surface area (Å²) in [5.41, 5.74) is 0.608. The molecule has 0 aliphatic carbocycles. The zero-order chi connectivity index (χ0) is 17.4. The minimum Gasteiger partial charge on any atom is -0.350 e. The standard InChI is InChI=1S/C17H14ClNO4S/c18-10-15(20)17(13-4-2-1-3-5-13)11-19-16(21)12-6-8-14(9-7-12)24(17,22)23/h1-9H,10-11H2,(H,19,21). The van der Waals surface area contributed by atoms with E-state index in [1.54, 1.807) is 30.3 Å². The third-order valence-corrected chi connectivity index (χ3v) is 6.86. The second-order valence-corrected chi connectivity index (χ2v) is 7.90. The normalized spacial score (nSPS) is 22.1. The molecule has 2 aromatic carbocycles. The molecule has 1 N–H and O–H groups in total. The second-order valence-electron chi connectivity index (χ2n) is 5.46.